The molecule has 2 aliphatic carbocycles. The predicted molar refractivity (Wildman–Crippen MR) is 154 cm³/mol. The van der Waals surface area contributed by atoms with Gasteiger partial charge in [-0.2, -0.15) is 0 Å². The van der Waals surface area contributed by atoms with Crippen molar-refractivity contribution in [3.8, 4) is 0 Å². The first kappa shape index (κ1) is 28.9. The lowest BCUT2D eigenvalue weighted by atomic mass is 9.66. The van der Waals surface area contributed by atoms with Crippen LogP contribution in [0.5, 0.6) is 0 Å². The average molecular weight is 578 g/mol. The number of carbonyl (C=O) groups is 4. The van der Waals surface area contributed by atoms with E-state index >= 15 is 0 Å². The van der Waals surface area contributed by atoms with Gasteiger partial charge in [-0.1, -0.05) is 43.2 Å². The molecule has 4 atom stereocenters. The molecule has 42 heavy (non-hydrogen) atoms. The summed E-state index contributed by atoms with van der Waals surface area (Å²) in [5.41, 5.74) is 0.424. The molecule has 0 radical (unpaired) electrons. The lowest BCUT2D eigenvalue weighted by molar-refractivity contribution is -0.178. The van der Waals surface area contributed by atoms with Crippen LogP contribution in [0.2, 0.25) is 0 Å². The summed E-state index contributed by atoms with van der Waals surface area (Å²) in [6.45, 7) is 4.18. The van der Waals surface area contributed by atoms with Crippen molar-refractivity contribution in [2.75, 3.05) is 33.3 Å². The number of fused-ring (bicyclic) bond motifs is 1. The van der Waals surface area contributed by atoms with Crippen LogP contribution in [0.4, 0.5) is 0 Å². The largest absolute Gasteiger partial charge is 0.468 e. The summed E-state index contributed by atoms with van der Waals surface area (Å²) in [6.07, 6.45) is 7.87. The normalized spacial score (nSPS) is 30.1. The van der Waals surface area contributed by atoms with Crippen LogP contribution >= 0.6 is 0 Å². The van der Waals surface area contributed by atoms with Crippen LogP contribution in [-0.2, 0) is 35.2 Å². The Bertz CT molecular complexity index is 1230. The van der Waals surface area contributed by atoms with Crippen LogP contribution < -0.4 is 0 Å². The molecule has 9 nitrogen and oxygen atoms in total. The van der Waals surface area contributed by atoms with Gasteiger partial charge >= 0.3 is 5.97 Å². The van der Waals surface area contributed by atoms with E-state index in [1.165, 1.54) is 7.11 Å². The molecule has 2 saturated heterocycles. The van der Waals surface area contributed by atoms with Crippen LogP contribution in [0.15, 0.2) is 42.1 Å². The van der Waals surface area contributed by atoms with Gasteiger partial charge in [0.05, 0.1) is 25.9 Å². The summed E-state index contributed by atoms with van der Waals surface area (Å²) >= 11 is 0. The molecule has 2 saturated carbocycles. The number of ether oxygens (including phenoxy) is 2. The number of amides is 3. The molecule has 0 bridgehead atoms. The maximum absolute atomic E-state index is 14.3. The fraction of sp³-hybridized carbons (Fsp3) is 0.636. The number of methoxy groups -OCH3 is 1. The highest BCUT2D eigenvalue weighted by Crippen LogP contribution is 2.52. The standard InChI is InChI=1S/C33H43N3O6/c1-22-33(32(40)41-2)20-26(18-29(37)34-14-16-35(17-15-34)30(38)25-12-13-25)31(39)36(21-23-8-4-3-5-9-23)28(33)19-27(42-22)24-10-6-7-11-24/h3-5,8-9,19,22,24-27H,6-7,10-18,20-21H2,1-2H3/t22-,26+,27-,33+/m1/s1. The first-order valence-corrected chi connectivity index (χ1v) is 15.7. The number of rotatable bonds is 7. The average Bonchev–Trinajstić information content (AvgIpc) is 3.72. The second-order valence-corrected chi connectivity index (χ2v) is 12.8. The Balaban J connectivity index is 1.28. The maximum atomic E-state index is 14.3. The van der Waals surface area contributed by atoms with Crippen molar-refractivity contribution in [1.82, 2.24) is 14.7 Å². The minimum atomic E-state index is -1.19. The summed E-state index contributed by atoms with van der Waals surface area (Å²) in [5.74, 6) is -0.671. The summed E-state index contributed by atoms with van der Waals surface area (Å²) in [6, 6.07) is 9.76. The lowest BCUT2D eigenvalue weighted by Gasteiger charge is -2.52. The molecule has 0 spiro atoms. The van der Waals surface area contributed by atoms with E-state index in [0.29, 0.717) is 44.3 Å². The van der Waals surface area contributed by atoms with Crippen molar-refractivity contribution in [3.05, 3.63) is 47.7 Å². The van der Waals surface area contributed by atoms with Crippen molar-refractivity contribution in [2.24, 2.45) is 23.2 Å². The minimum absolute atomic E-state index is 0.00545. The molecular formula is C33H43N3O6. The van der Waals surface area contributed by atoms with Gasteiger partial charge in [-0.3, -0.25) is 19.2 Å². The molecule has 3 heterocycles. The number of hydrogen-bond acceptors (Lipinski definition) is 6. The van der Waals surface area contributed by atoms with Gasteiger partial charge in [-0.05, 0) is 56.6 Å². The quantitative estimate of drug-likeness (QED) is 0.460. The molecule has 0 N–H and O–H groups in total. The Labute approximate surface area is 248 Å². The van der Waals surface area contributed by atoms with E-state index in [2.05, 4.69) is 0 Å². The third-order valence-electron chi connectivity index (χ3n) is 10.2. The summed E-state index contributed by atoms with van der Waals surface area (Å²) < 4.78 is 12.0. The lowest BCUT2D eigenvalue weighted by Crippen LogP contribution is -2.60. The number of piperazine rings is 1. The first-order chi connectivity index (χ1) is 20.3. The second-order valence-electron chi connectivity index (χ2n) is 12.8. The zero-order chi connectivity index (χ0) is 29.4. The second kappa shape index (κ2) is 11.8. The fourth-order valence-corrected chi connectivity index (χ4v) is 7.58. The molecule has 0 unspecified atom stereocenters. The van der Waals surface area contributed by atoms with Gasteiger partial charge in [0.2, 0.25) is 17.7 Å². The highest BCUT2D eigenvalue weighted by Gasteiger charge is 2.60. The van der Waals surface area contributed by atoms with Crippen LogP contribution in [0.3, 0.4) is 0 Å². The number of likely N-dealkylation sites (tertiary alicyclic amines) is 1. The van der Waals surface area contributed by atoms with Crippen LogP contribution in [0, 0.1) is 23.2 Å². The minimum Gasteiger partial charge on any atom is -0.468 e. The van der Waals surface area contributed by atoms with Crippen LogP contribution in [0.25, 0.3) is 0 Å². The SMILES string of the molecule is COC(=O)[C@]12C[C@H](CC(=O)N3CCN(C(=O)C4CC4)CC3)C(=O)N(Cc3ccccc3)C1=C[C@H](C1CCCC1)O[C@@H]2C. The molecular weight excluding hydrogens is 534 g/mol. The number of hydrogen-bond donors (Lipinski definition) is 0. The Morgan fingerprint density at radius 3 is 2.29 bits per heavy atom. The molecule has 9 heteroatoms. The first-order valence-electron chi connectivity index (χ1n) is 15.7. The topological polar surface area (TPSA) is 96.5 Å². The number of nitrogens with zero attached hydrogens (tertiary/aromatic N) is 3. The van der Waals surface area contributed by atoms with E-state index in [1.807, 2.05) is 48.2 Å². The maximum Gasteiger partial charge on any atom is 0.320 e. The predicted octanol–water partition coefficient (Wildman–Crippen LogP) is 3.53. The van der Waals surface area contributed by atoms with E-state index in [0.717, 1.165) is 44.1 Å². The van der Waals surface area contributed by atoms with Crippen molar-refractivity contribution >= 4 is 23.7 Å². The van der Waals surface area contributed by atoms with Crippen molar-refractivity contribution in [1.29, 1.82) is 0 Å². The van der Waals surface area contributed by atoms with Gasteiger partial charge < -0.3 is 24.2 Å². The third kappa shape index (κ3) is 5.36. The van der Waals surface area contributed by atoms with Crippen LogP contribution in [-0.4, -0.2) is 83.9 Å². The molecule has 1 aromatic rings. The molecule has 226 valence electrons. The number of esters is 1. The zero-order valence-electron chi connectivity index (χ0n) is 24.8. The molecule has 5 aliphatic rings. The zero-order valence-corrected chi connectivity index (χ0v) is 24.8. The van der Waals surface area contributed by atoms with E-state index in [1.54, 1.807) is 9.80 Å². The monoisotopic (exact) mass is 577 g/mol. The Morgan fingerprint density at radius 1 is 0.976 bits per heavy atom. The number of carbonyl (C=O) groups excluding carboxylic acids is 4. The molecule has 3 amide bonds. The molecule has 6 rings (SSSR count). The molecule has 3 aliphatic heterocycles. The van der Waals surface area contributed by atoms with Gasteiger partial charge in [-0.15, -0.1) is 0 Å². The van der Waals surface area contributed by atoms with Gasteiger partial charge in [0.1, 0.15) is 5.41 Å². The highest BCUT2D eigenvalue weighted by molar-refractivity contribution is 5.93. The Morgan fingerprint density at radius 2 is 1.64 bits per heavy atom. The summed E-state index contributed by atoms with van der Waals surface area (Å²) in [5, 5.41) is 0. The Kier molecular flexibility index (Phi) is 8.13. The molecule has 0 aromatic heterocycles. The smallest absolute Gasteiger partial charge is 0.320 e. The van der Waals surface area contributed by atoms with Gasteiger partial charge in [-0.25, -0.2) is 0 Å². The van der Waals surface area contributed by atoms with Gasteiger partial charge in [0.25, 0.3) is 0 Å². The summed E-state index contributed by atoms with van der Waals surface area (Å²) in [4.78, 5) is 59.5. The molecule has 1 aromatic carbocycles. The molecule has 4 fully saturated rings. The van der Waals surface area contributed by atoms with Crippen molar-refractivity contribution in [3.63, 3.8) is 0 Å². The Hall–Kier alpha value is -3.20. The van der Waals surface area contributed by atoms with Gasteiger partial charge in [0.15, 0.2) is 0 Å². The van der Waals surface area contributed by atoms with E-state index in [-0.39, 0.29) is 42.6 Å². The van der Waals surface area contributed by atoms with Crippen LogP contribution in [0.1, 0.15) is 63.9 Å². The number of piperidine rings is 1. The van der Waals surface area contributed by atoms with E-state index in [9.17, 15) is 19.2 Å². The van der Waals surface area contributed by atoms with Gasteiger partial charge in [0, 0.05) is 50.1 Å². The van der Waals surface area contributed by atoms with Crippen molar-refractivity contribution in [2.45, 2.75) is 77.0 Å². The third-order valence-corrected chi connectivity index (χ3v) is 10.2. The van der Waals surface area contributed by atoms with E-state index < -0.39 is 23.4 Å². The number of benzene rings is 1. The van der Waals surface area contributed by atoms with E-state index in [4.69, 9.17) is 9.47 Å². The highest BCUT2D eigenvalue weighted by atomic mass is 16.5. The fourth-order valence-electron chi connectivity index (χ4n) is 7.58. The summed E-state index contributed by atoms with van der Waals surface area (Å²) in [7, 11) is 1.38. The van der Waals surface area contributed by atoms with Crippen molar-refractivity contribution < 1.29 is 28.7 Å².